The summed E-state index contributed by atoms with van der Waals surface area (Å²) in [7, 11) is 0. The van der Waals surface area contributed by atoms with E-state index in [2.05, 4.69) is 35.9 Å². The number of nitrogens with two attached hydrogens (primary N) is 1. The van der Waals surface area contributed by atoms with Crippen LogP contribution in [-0.4, -0.2) is 58.1 Å². The van der Waals surface area contributed by atoms with Gasteiger partial charge in [0.1, 0.15) is 0 Å². The third-order valence-electron chi connectivity index (χ3n) is 4.40. The predicted octanol–water partition coefficient (Wildman–Crippen LogP) is 1.50. The largest absolute Gasteiger partial charge is 0.395 e. The molecule has 118 valence electrons. The number of hydrogen-bond donors (Lipinski definition) is 2. The molecule has 0 saturated carbocycles. The van der Waals surface area contributed by atoms with Crippen LogP contribution in [0, 0.1) is 0 Å². The number of aromatic amines is 1. The lowest BCUT2D eigenvalue weighted by Gasteiger charge is -2.37. The molecule has 0 aromatic carbocycles. The second-order valence-electron chi connectivity index (χ2n) is 5.80. The maximum Gasteiger partial charge on any atom is 0.276 e. The highest BCUT2D eigenvalue weighted by atomic mass is 16.2. The van der Waals surface area contributed by atoms with Crippen LogP contribution in [0.25, 0.3) is 0 Å². The lowest BCUT2D eigenvalue weighted by atomic mass is 10.1. The van der Waals surface area contributed by atoms with E-state index in [9.17, 15) is 4.79 Å². The average Bonchev–Trinajstić information content (AvgIpc) is 2.87. The molecular weight excluding hydrogens is 266 g/mol. The summed E-state index contributed by atoms with van der Waals surface area (Å²) in [6, 6.07) is 0.578. The SMILES string of the molecule is CCCc1[nH]nc(C(=O)N2CCN(C(C)CC)CC2)c1N. The monoisotopic (exact) mass is 293 g/mol. The highest BCUT2D eigenvalue weighted by molar-refractivity contribution is 5.97. The van der Waals surface area contributed by atoms with E-state index in [1.54, 1.807) is 0 Å². The lowest BCUT2D eigenvalue weighted by molar-refractivity contribution is 0.0575. The second-order valence-corrected chi connectivity index (χ2v) is 5.80. The van der Waals surface area contributed by atoms with E-state index < -0.39 is 0 Å². The van der Waals surface area contributed by atoms with Gasteiger partial charge in [-0.3, -0.25) is 14.8 Å². The first-order valence-electron chi connectivity index (χ1n) is 7.94. The third-order valence-corrected chi connectivity index (χ3v) is 4.40. The van der Waals surface area contributed by atoms with Crippen molar-refractivity contribution >= 4 is 11.6 Å². The minimum atomic E-state index is -0.0464. The molecule has 6 nitrogen and oxygen atoms in total. The van der Waals surface area contributed by atoms with Crippen molar-refractivity contribution in [1.29, 1.82) is 0 Å². The summed E-state index contributed by atoms with van der Waals surface area (Å²) in [4.78, 5) is 16.8. The molecule has 1 aromatic rings. The number of hydrogen-bond acceptors (Lipinski definition) is 4. The van der Waals surface area contributed by atoms with Gasteiger partial charge in [-0.2, -0.15) is 5.10 Å². The number of carbonyl (C=O) groups excluding carboxylic acids is 1. The van der Waals surface area contributed by atoms with Crippen molar-refractivity contribution in [3.8, 4) is 0 Å². The van der Waals surface area contributed by atoms with E-state index in [4.69, 9.17) is 5.73 Å². The maximum absolute atomic E-state index is 12.5. The molecule has 0 radical (unpaired) electrons. The third kappa shape index (κ3) is 3.37. The van der Waals surface area contributed by atoms with Gasteiger partial charge < -0.3 is 10.6 Å². The van der Waals surface area contributed by atoms with Gasteiger partial charge in [0.2, 0.25) is 0 Å². The van der Waals surface area contributed by atoms with Crippen molar-refractivity contribution in [2.24, 2.45) is 0 Å². The van der Waals surface area contributed by atoms with Crippen molar-refractivity contribution < 1.29 is 4.79 Å². The zero-order valence-electron chi connectivity index (χ0n) is 13.4. The normalized spacial score (nSPS) is 18.0. The number of nitrogen functional groups attached to an aromatic ring is 1. The Morgan fingerprint density at radius 2 is 2.00 bits per heavy atom. The van der Waals surface area contributed by atoms with Gasteiger partial charge in [-0.25, -0.2) is 0 Å². The second kappa shape index (κ2) is 6.93. The molecule has 1 aliphatic rings. The van der Waals surface area contributed by atoms with E-state index in [1.807, 2.05) is 4.90 Å². The van der Waals surface area contributed by atoms with Crippen molar-refractivity contribution in [2.45, 2.75) is 46.1 Å². The van der Waals surface area contributed by atoms with Gasteiger partial charge in [0.05, 0.1) is 11.4 Å². The number of nitrogens with one attached hydrogen (secondary N) is 1. The van der Waals surface area contributed by atoms with Crippen molar-refractivity contribution in [3.63, 3.8) is 0 Å². The van der Waals surface area contributed by atoms with Crippen LogP contribution in [0.4, 0.5) is 5.69 Å². The van der Waals surface area contributed by atoms with Crippen LogP contribution >= 0.6 is 0 Å². The summed E-state index contributed by atoms with van der Waals surface area (Å²) in [6.07, 6.45) is 2.95. The van der Waals surface area contributed by atoms with Gasteiger partial charge in [0, 0.05) is 32.2 Å². The Bertz CT molecular complexity index is 476. The molecular formula is C15H27N5O. The fourth-order valence-corrected chi connectivity index (χ4v) is 2.76. The Balaban J connectivity index is 1.99. The van der Waals surface area contributed by atoms with Gasteiger partial charge in [0.25, 0.3) is 5.91 Å². The van der Waals surface area contributed by atoms with Crippen LogP contribution in [0.5, 0.6) is 0 Å². The average molecular weight is 293 g/mol. The Morgan fingerprint density at radius 3 is 2.57 bits per heavy atom. The summed E-state index contributed by atoms with van der Waals surface area (Å²) in [6.45, 7) is 9.86. The molecule has 6 heteroatoms. The van der Waals surface area contributed by atoms with Crippen LogP contribution < -0.4 is 5.73 Å². The number of nitrogens with zero attached hydrogens (tertiary/aromatic N) is 3. The molecule has 1 aromatic heterocycles. The summed E-state index contributed by atoms with van der Waals surface area (Å²) in [5, 5.41) is 7.02. The molecule has 1 unspecified atom stereocenters. The first-order valence-corrected chi connectivity index (χ1v) is 7.94. The quantitative estimate of drug-likeness (QED) is 0.862. The minimum absolute atomic E-state index is 0.0464. The number of amides is 1. The lowest BCUT2D eigenvalue weighted by Crippen LogP contribution is -2.51. The summed E-state index contributed by atoms with van der Waals surface area (Å²) in [5.74, 6) is -0.0464. The van der Waals surface area contributed by atoms with Crippen LogP contribution in [0.2, 0.25) is 0 Å². The summed E-state index contributed by atoms with van der Waals surface area (Å²) >= 11 is 0. The topological polar surface area (TPSA) is 78.2 Å². The number of anilines is 1. The highest BCUT2D eigenvalue weighted by Gasteiger charge is 2.27. The molecule has 1 saturated heterocycles. The standard InChI is InChI=1S/C15H27N5O/c1-4-6-12-13(16)14(18-17-12)15(21)20-9-7-19(8-10-20)11(3)5-2/h11H,4-10,16H2,1-3H3,(H,17,18). The van der Waals surface area contributed by atoms with Gasteiger partial charge in [-0.15, -0.1) is 0 Å². The van der Waals surface area contributed by atoms with Crippen LogP contribution in [-0.2, 0) is 6.42 Å². The highest BCUT2D eigenvalue weighted by Crippen LogP contribution is 2.19. The molecule has 1 aliphatic heterocycles. The van der Waals surface area contributed by atoms with Gasteiger partial charge in [-0.1, -0.05) is 20.3 Å². The molecule has 1 fully saturated rings. The molecule has 1 amide bonds. The smallest absolute Gasteiger partial charge is 0.276 e. The zero-order valence-corrected chi connectivity index (χ0v) is 13.4. The van der Waals surface area contributed by atoms with Gasteiger partial charge in [0.15, 0.2) is 5.69 Å². The molecule has 0 aliphatic carbocycles. The number of aryl methyl sites for hydroxylation is 1. The molecule has 2 rings (SSSR count). The zero-order chi connectivity index (χ0) is 15.4. The Morgan fingerprint density at radius 1 is 1.33 bits per heavy atom. The van der Waals surface area contributed by atoms with E-state index >= 15 is 0 Å². The number of aromatic nitrogens is 2. The first kappa shape index (κ1) is 15.8. The van der Waals surface area contributed by atoms with E-state index in [0.717, 1.165) is 51.1 Å². The Kier molecular flexibility index (Phi) is 5.22. The predicted molar refractivity (Wildman–Crippen MR) is 84.2 cm³/mol. The van der Waals surface area contributed by atoms with E-state index in [1.165, 1.54) is 0 Å². The molecule has 1 atom stereocenters. The van der Waals surface area contributed by atoms with E-state index in [0.29, 0.717) is 17.4 Å². The molecule has 0 bridgehead atoms. The Labute approximate surface area is 126 Å². The number of piperazine rings is 1. The number of H-pyrrole nitrogens is 1. The molecule has 21 heavy (non-hydrogen) atoms. The van der Waals surface area contributed by atoms with Gasteiger partial charge in [-0.05, 0) is 19.8 Å². The number of carbonyl (C=O) groups is 1. The first-order chi connectivity index (χ1) is 10.1. The summed E-state index contributed by atoms with van der Waals surface area (Å²) in [5.41, 5.74) is 7.82. The number of rotatable bonds is 5. The summed E-state index contributed by atoms with van der Waals surface area (Å²) < 4.78 is 0. The van der Waals surface area contributed by atoms with Gasteiger partial charge >= 0.3 is 0 Å². The minimum Gasteiger partial charge on any atom is -0.395 e. The molecule has 2 heterocycles. The van der Waals surface area contributed by atoms with Crippen molar-refractivity contribution in [1.82, 2.24) is 20.0 Å². The molecule has 3 N–H and O–H groups in total. The fraction of sp³-hybridized carbons (Fsp3) is 0.733. The fourth-order valence-electron chi connectivity index (χ4n) is 2.76. The van der Waals surface area contributed by atoms with Crippen molar-refractivity contribution in [2.75, 3.05) is 31.9 Å². The van der Waals surface area contributed by atoms with Crippen molar-refractivity contribution in [3.05, 3.63) is 11.4 Å². The van der Waals surface area contributed by atoms with Crippen LogP contribution in [0.3, 0.4) is 0 Å². The maximum atomic E-state index is 12.5. The van der Waals surface area contributed by atoms with Crippen LogP contribution in [0.1, 0.15) is 49.8 Å². The van der Waals surface area contributed by atoms with Crippen LogP contribution in [0.15, 0.2) is 0 Å². The Hall–Kier alpha value is -1.56. The molecule has 0 spiro atoms. The van der Waals surface area contributed by atoms with E-state index in [-0.39, 0.29) is 5.91 Å².